The number of phenols is 2. The first kappa shape index (κ1) is 30.6. The van der Waals surface area contributed by atoms with Gasteiger partial charge in [0.15, 0.2) is 11.6 Å². The molecule has 0 saturated heterocycles. The molecule has 0 unspecified atom stereocenters. The van der Waals surface area contributed by atoms with Gasteiger partial charge in [0.05, 0.1) is 22.6 Å². The normalized spacial score (nSPS) is 27.4. The van der Waals surface area contributed by atoms with Gasteiger partial charge in [0.2, 0.25) is 0 Å². The van der Waals surface area contributed by atoms with Gasteiger partial charge in [-0.05, 0) is 54.2 Å². The number of pyridine rings is 1. The Balaban J connectivity index is 1.71. The van der Waals surface area contributed by atoms with Crippen LogP contribution in [0.1, 0.15) is 80.1 Å². The number of ether oxygens (including phenoxy) is 3. The average Bonchev–Trinajstić information content (AvgIpc) is 3.15. The fourth-order valence-corrected chi connectivity index (χ4v) is 9.19. The number of methoxy groups -OCH3 is 1. The molecule has 1 aromatic heterocycles. The largest absolute Gasteiger partial charge is 0.507 e. The van der Waals surface area contributed by atoms with Gasteiger partial charge >= 0.3 is 17.9 Å². The smallest absolute Gasteiger partial charge is 0.342 e. The van der Waals surface area contributed by atoms with Crippen LogP contribution in [0.2, 0.25) is 0 Å². The van der Waals surface area contributed by atoms with Crippen molar-refractivity contribution in [2.45, 2.75) is 57.8 Å². The molecular weight excluding hydrogens is 614 g/mol. The Kier molecular flexibility index (Phi) is 6.19. The lowest BCUT2D eigenvalue weighted by Gasteiger charge is -2.47. The lowest BCUT2D eigenvalue weighted by molar-refractivity contribution is -0.154. The summed E-state index contributed by atoms with van der Waals surface area (Å²) in [5.74, 6) is -8.89. The molecule has 6 atom stereocenters. The lowest BCUT2D eigenvalue weighted by atomic mass is 9.59. The molecule has 7 rings (SSSR count). The zero-order valence-electron chi connectivity index (χ0n) is 26.3. The Morgan fingerprint density at radius 2 is 1.64 bits per heavy atom. The predicted octanol–water partition coefficient (Wildman–Crippen LogP) is 2.83. The van der Waals surface area contributed by atoms with E-state index in [9.17, 15) is 39.3 Å². The van der Waals surface area contributed by atoms with Crippen LogP contribution >= 0.6 is 0 Å². The van der Waals surface area contributed by atoms with Crippen LogP contribution in [0.25, 0.3) is 10.8 Å². The van der Waals surface area contributed by atoms with E-state index in [2.05, 4.69) is 0 Å². The quantitative estimate of drug-likeness (QED) is 0.344. The Hall–Kier alpha value is -5.04. The molecule has 1 fully saturated rings. The van der Waals surface area contributed by atoms with Gasteiger partial charge in [0.25, 0.3) is 5.56 Å². The van der Waals surface area contributed by atoms with Crippen LogP contribution in [0, 0.1) is 31.6 Å². The minimum Gasteiger partial charge on any atom is -0.507 e. The van der Waals surface area contributed by atoms with Crippen LogP contribution in [0.4, 0.5) is 0 Å². The van der Waals surface area contributed by atoms with Gasteiger partial charge in [-0.1, -0.05) is 13.8 Å². The summed E-state index contributed by atoms with van der Waals surface area (Å²) < 4.78 is 18.8. The second kappa shape index (κ2) is 9.50. The molecule has 2 bridgehead atoms. The molecular formula is C34H31NO12. The van der Waals surface area contributed by atoms with E-state index in [4.69, 9.17) is 14.2 Å². The van der Waals surface area contributed by atoms with Crippen molar-refractivity contribution in [2.24, 2.45) is 17.8 Å². The van der Waals surface area contributed by atoms with Crippen molar-refractivity contribution in [3.8, 4) is 11.5 Å². The summed E-state index contributed by atoms with van der Waals surface area (Å²) in [6.45, 7) is 6.97. The maximum absolute atomic E-state index is 15.3. The lowest BCUT2D eigenvalue weighted by Crippen LogP contribution is -2.57. The Morgan fingerprint density at radius 3 is 2.23 bits per heavy atom. The third-order valence-corrected chi connectivity index (χ3v) is 10.6. The van der Waals surface area contributed by atoms with Gasteiger partial charge in [-0.15, -0.1) is 0 Å². The van der Waals surface area contributed by atoms with Crippen molar-refractivity contribution in [2.75, 3.05) is 13.7 Å². The number of nitrogens with zero attached hydrogens (tertiary/aromatic N) is 1. The SMILES string of the molecule is CO[C@@]12c3c(C)cc(O)c4c(=O)n([C@H](C(=O)O)C(C)C)cc(c34)C(=O)[C@@H]1[C@]13COC(=O)c4c(O)cc(C)c(c41)C(=O)[C@H]2[C@@H]3OC(C)=O. The molecule has 1 spiro atoms. The molecule has 3 N–H and O–H groups in total. The summed E-state index contributed by atoms with van der Waals surface area (Å²) in [7, 11) is 1.28. The molecule has 13 heteroatoms. The Labute approximate surface area is 266 Å². The standard InChI is InChI=1S/C34H31NO12/c1-11(2)25(31(42)43)35-9-15-19-20(30(35)41)16(37)8-13(4)22(19)34(45-6)24-27(40)18-12(3)7-17(38)21-23(18)33(10-46-32(21)44,28(34)26(15)39)29(24)47-14(5)36/h7-9,11,24-25,28-29,37-38H,10H2,1-6H3,(H,42,43)/t24-,25-,28+,29-,33-,34+/m0/s1. The van der Waals surface area contributed by atoms with E-state index < -0.39 is 94.1 Å². The van der Waals surface area contributed by atoms with Crippen LogP contribution in [0.15, 0.2) is 23.1 Å². The van der Waals surface area contributed by atoms with Crippen molar-refractivity contribution in [1.82, 2.24) is 4.57 Å². The number of cyclic esters (lactones) is 1. The number of aromatic nitrogens is 1. The number of aryl methyl sites for hydroxylation is 2. The summed E-state index contributed by atoms with van der Waals surface area (Å²) in [5, 5.41) is 32.1. The van der Waals surface area contributed by atoms with Crippen LogP contribution in [-0.4, -0.2) is 69.2 Å². The fourth-order valence-electron chi connectivity index (χ4n) is 9.19. The van der Waals surface area contributed by atoms with Gasteiger partial charge < -0.3 is 29.5 Å². The number of hydrogen-bond acceptors (Lipinski definition) is 11. The number of fused-ring (bicyclic) bond motifs is 4. The number of carboxylic acid groups (broad SMARTS) is 1. The zero-order valence-corrected chi connectivity index (χ0v) is 26.3. The number of Topliss-reactive ketones (excluding diaryl/α,β-unsaturated/α-hetero) is 2. The number of hydrogen-bond donors (Lipinski definition) is 3. The number of carbonyl (C=O) groups excluding carboxylic acids is 4. The van der Waals surface area contributed by atoms with Gasteiger partial charge in [0, 0.05) is 36.7 Å². The number of rotatable bonds is 5. The molecule has 13 nitrogen and oxygen atoms in total. The molecule has 0 radical (unpaired) electrons. The van der Waals surface area contributed by atoms with Crippen molar-refractivity contribution >= 4 is 40.2 Å². The highest BCUT2D eigenvalue weighted by molar-refractivity contribution is 6.19. The number of esters is 2. The third-order valence-electron chi connectivity index (χ3n) is 10.6. The van der Waals surface area contributed by atoms with E-state index in [1.165, 1.54) is 19.2 Å². The third kappa shape index (κ3) is 3.36. The molecule has 47 heavy (non-hydrogen) atoms. The second-order valence-corrected chi connectivity index (χ2v) is 13.2. The first-order valence-electron chi connectivity index (χ1n) is 15.1. The highest BCUT2D eigenvalue weighted by Crippen LogP contribution is 2.70. The summed E-state index contributed by atoms with van der Waals surface area (Å²) >= 11 is 0. The van der Waals surface area contributed by atoms with Gasteiger partial charge in [-0.2, -0.15) is 0 Å². The topological polar surface area (TPSA) is 196 Å². The number of phenolic OH excluding ortho intramolecular Hbond substituents is 2. The number of carboxylic acids is 1. The van der Waals surface area contributed by atoms with E-state index in [0.29, 0.717) is 11.1 Å². The molecule has 244 valence electrons. The highest BCUT2D eigenvalue weighted by Gasteiger charge is 2.80. The summed E-state index contributed by atoms with van der Waals surface area (Å²) in [4.78, 5) is 82.6. The Morgan fingerprint density at radius 1 is 0.979 bits per heavy atom. The summed E-state index contributed by atoms with van der Waals surface area (Å²) in [6, 6.07) is 1.12. The van der Waals surface area contributed by atoms with Crippen molar-refractivity contribution in [1.29, 1.82) is 0 Å². The van der Waals surface area contributed by atoms with Crippen molar-refractivity contribution in [3.63, 3.8) is 0 Å². The van der Waals surface area contributed by atoms with Crippen LogP contribution in [-0.2, 0) is 34.8 Å². The maximum atomic E-state index is 15.3. The first-order valence-corrected chi connectivity index (χ1v) is 15.1. The van der Waals surface area contributed by atoms with Crippen LogP contribution < -0.4 is 5.56 Å². The minimum absolute atomic E-state index is 0.00562. The maximum Gasteiger partial charge on any atom is 0.342 e. The summed E-state index contributed by atoms with van der Waals surface area (Å²) in [5.41, 5.74) is -4.15. The molecule has 0 amide bonds. The number of aromatic hydroxyl groups is 2. The van der Waals surface area contributed by atoms with Gasteiger partial charge in [-0.3, -0.25) is 23.7 Å². The minimum atomic E-state index is -1.94. The number of benzene rings is 2. The fraction of sp³-hybridized carbons (Fsp3) is 0.412. The molecule has 3 aliphatic carbocycles. The van der Waals surface area contributed by atoms with E-state index in [1.54, 1.807) is 27.7 Å². The molecule has 1 aliphatic heterocycles. The highest BCUT2D eigenvalue weighted by atomic mass is 16.6. The van der Waals surface area contributed by atoms with E-state index in [1.807, 2.05) is 0 Å². The molecule has 2 heterocycles. The van der Waals surface area contributed by atoms with Gasteiger partial charge in [0.1, 0.15) is 41.4 Å². The van der Waals surface area contributed by atoms with E-state index >= 15 is 4.79 Å². The number of aliphatic carboxylic acids is 1. The first-order chi connectivity index (χ1) is 22.1. The molecule has 2 aromatic carbocycles. The molecule has 4 aliphatic rings. The van der Waals surface area contributed by atoms with Gasteiger partial charge in [-0.25, -0.2) is 9.59 Å². The monoisotopic (exact) mass is 645 g/mol. The van der Waals surface area contributed by atoms with Crippen LogP contribution in [0.3, 0.4) is 0 Å². The van der Waals surface area contributed by atoms with Crippen molar-refractivity contribution < 1.29 is 53.5 Å². The van der Waals surface area contributed by atoms with E-state index in [-0.39, 0.29) is 38.6 Å². The van der Waals surface area contributed by atoms with E-state index in [0.717, 1.165) is 17.7 Å². The zero-order chi connectivity index (χ0) is 34.2. The summed E-state index contributed by atoms with van der Waals surface area (Å²) in [6.07, 6.45) is -0.291. The second-order valence-electron chi connectivity index (χ2n) is 13.2. The molecule has 3 aromatic rings. The number of ketones is 2. The van der Waals surface area contributed by atoms with Crippen LogP contribution in [0.5, 0.6) is 11.5 Å². The molecule has 1 saturated carbocycles. The average molecular weight is 646 g/mol. The predicted molar refractivity (Wildman–Crippen MR) is 161 cm³/mol. The Bertz CT molecular complexity index is 2110. The van der Waals surface area contributed by atoms with Crippen molar-refractivity contribution in [3.05, 3.63) is 67.6 Å². The number of carbonyl (C=O) groups is 5.